The van der Waals surface area contributed by atoms with Gasteiger partial charge in [0.2, 0.25) is 0 Å². The molecule has 0 amide bonds. The van der Waals surface area contributed by atoms with Crippen LogP contribution in [0.3, 0.4) is 0 Å². The summed E-state index contributed by atoms with van der Waals surface area (Å²) in [4.78, 5) is 17.3. The number of carbonyl (C=O) groups excluding carboxylic acids is 1. The lowest BCUT2D eigenvalue weighted by atomic mass is 10.1. The predicted octanol–water partition coefficient (Wildman–Crippen LogP) is 6.99. The van der Waals surface area contributed by atoms with Gasteiger partial charge in [-0.05, 0) is 54.1 Å². The number of esters is 1. The van der Waals surface area contributed by atoms with E-state index in [-0.39, 0.29) is 5.75 Å². The quantitative estimate of drug-likeness (QED) is 0.205. The minimum atomic E-state index is -4.66. The van der Waals surface area contributed by atoms with Crippen molar-refractivity contribution in [3.8, 4) is 17.1 Å². The molecule has 0 spiro atoms. The first-order chi connectivity index (χ1) is 16.9. The third-order valence-corrected chi connectivity index (χ3v) is 5.61. The van der Waals surface area contributed by atoms with Crippen LogP contribution in [0.2, 0.25) is 0 Å². The van der Waals surface area contributed by atoms with Crippen LogP contribution in [0.15, 0.2) is 103 Å². The maximum atomic E-state index is 13.3. The van der Waals surface area contributed by atoms with Crippen molar-refractivity contribution in [2.75, 3.05) is 0 Å². The molecule has 0 atom stereocenters. The fraction of sp³-hybridized carbons (Fsp3) is 0.0714. The van der Waals surface area contributed by atoms with Crippen molar-refractivity contribution in [1.82, 2.24) is 9.55 Å². The third-order valence-electron chi connectivity index (χ3n) is 5.61. The molecule has 0 bridgehead atoms. The Bertz CT molecular complexity index is 1490. The number of para-hydroxylation sites is 2. The molecule has 1 aromatic heterocycles. The summed E-state index contributed by atoms with van der Waals surface area (Å²) in [7, 11) is 0. The number of benzene rings is 4. The molecule has 5 rings (SSSR count). The Morgan fingerprint density at radius 3 is 2.20 bits per heavy atom. The Labute approximate surface area is 199 Å². The maximum absolute atomic E-state index is 13.3. The highest BCUT2D eigenvalue weighted by molar-refractivity contribution is 5.93. The first kappa shape index (κ1) is 22.4. The van der Waals surface area contributed by atoms with Crippen LogP contribution in [0.4, 0.5) is 13.2 Å². The van der Waals surface area contributed by atoms with Crippen molar-refractivity contribution in [2.45, 2.75) is 12.7 Å². The monoisotopic (exact) mass is 472 g/mol. The van der Waals surface area contributed by atoms with Crippen LogP contribution in [0, 0.1) is 0 Å². The van der Waals surface area contributed by atoms with Crippen molar-refractivity contribution in [3.05, 3.63) is 120 Å². The number of carbonyl (C=O) groups is 1. The largest absolute Gasteiger partial charge is 0.423 e. The second-order valence-corrected chi connectivity index (χ2v) is 7.95. The van der Waals surface area contributed by atoms with E-state index in [4.69, 9.17) is 9.72 Å². The van der Waals surface area contributed by atoms with Gasteiger partial charge in [0.25, 0.3) is 0 Å². The molecule has 35 heavy (non-hydrogen) atoms. The lowest BCUT2D eigenvalue weighted by Crippen LogP contribution is -2.16. The van der Waals surface area contributed by atoms with E-state index in [2.05, 4.69) is 4.57 Å². The zero-order valence-electron chi connectivity index (χ0n) is 18.4. The summed E-state index contributed by atoms with van der Waals surface area (Å²) in [5.41, 5.74) is 2.16. The summed E-state index contributed by atoms with van der Waals surface area (Å²) in [5.74, 6) is -0.196. The van der Waals surface area contributed by atoms with Crippen molar-refractivity contribution < 1.29 is 22.7 Å². The zero-order chi connectivity index (χ0) is 24.4. The molecular formula is C28H19F3N2O2. The lowest BCUT2D eigenvalue weighted by molar-refractivity contribution is -0.138. The summed E-state index contributed by atoms with van der Waals surface area (Å²) in [6.45, 7) is 0.613. The van der Waals surface area contributed by atoms with E-state index < -0.39 is 23.3 Å². The number of nitrogens with zero attached hydrogens (tertiary/aromatic N) is 2. The Kier molecular flexibility index (Phi) is 5.82. The number of alkyl halides is 3. The van der Waals surface area contributed by atoms with Crippen molar-refractivity contribution in [1.29, 1.82) is 0 Å². The molecule has 0 saturated carbocycles. The number of imidazole rings is 1. The van der Waals surface area contributed by atoms with Crippen LogP contribution in [0.25, 0.3) is 22.4 Å². The van der Waals surface area contributed by atoms with Crippen LogP contribution in [0.1, 0.15) is 21.5 Å². The molecule has 0 aliphatic rings. The lowest BCUT2D eigenvalue weighted by Gasteiger charge is -2.12. The Hall–Kier alpha value is -4.39. The van der Waals surface area contributed by atoms with Gasteiger partial charge in [0, 0.05) is 12.1 Å². The molecular weight excluding hydrogens is 453 g/mol. The number of hydrogen-bond acceptors (Lipinski definition) is 3. The van der Waals surface area contributed by atoms with Crippen LogP contribution in [0.5, 0.6) is 5.75 Å². The fourth-order valence-electron chi connectivity index (χ4n) is 3.96. The minimum absolute atomic E-state index is 0.140. The molecule has 7 heteroatoms. The molecule has 1 heterocycles. The fourth-order valence-corrected chi connectivity index (χ4v) is 3.96. The molecule has 174 valence electrons. The molecule has 5 aromatic rings. The highest BCUT2D eigenvalue weighted by Crippen LogP contribution is 2.33. The second kappa shape index (κ2) is 9.10. The first-order valence-corrected chi connectivity index (χ1v) is 10.9. The highest BCUT2D eigenvalue weighted by atomic mass is 19.4. The number of aromatic nitrogens is 2. The highest BCUT2D eigenvalue weighted by Gasteiger charge is 2.35. The first-order valence-electron chi connectivity index (χ1n) is 10.9. The van der Waals surface area contributed by atoms with Gasteiger partial charge in [0.05, 0.1) is 22.2 Å². The molecule has 0 unspecified atom stereocenters. The molecule has 0 N–H and O–H groups in total. The van der Waals surface area contributed by atoms with Gasteiger partial charge in [0.15, 0.2) is 0 Å². The molecule has 4 aromatic carbocycles. The number of ether oxygens (including phenoxy) is 1. The number of hydrogen-bond donors (Lipinski definition) is 0. The van der Waals surface area contributed by atoms with Crippen LogP contribution in [-0.2, 0) is 12.7 Å². The van der Waals surface area contributed by atoms with E-state index in [1.165, 1.54) is 12.1 Å². The Morgan fingerprint density at radius 1 is 0.800 bits per heavy atom. The van der Waals surface area contributed by atoms with Gasteiger partial charge < -0.3 is 9.30 Å². The molecule has 0 aliphatic carbocycles. The summed E-state index contributed by atoms with van der Waals surface area (Å²) < 4.78 is 47.1. The molecule has 0 saturated heterocycles. The van der Waals surface area contributed by atoms with Gasteiger partial charge >= 0.3 is 12.1 Å². The van der Waals surface area contributed by atoms with Crippen LogP contribution >= 0.6 is 0 Å². The summed E-state index contributed by atoms with van der Waals surface area (Å²) in [6, 6.07) is 29.0. The molecule has 4 nitrogen and oxygen atoms in total. The topological polar surface area (TPSA) is 44.1 Å². The van der Waals surface area contributed by atoms with Crippen LogP contribution in [-0.4, -0.2) is 15.5 Å². The number of rotatable bonds is 5. The van der Waals surface area contributed by atoms with Gasteiger partial charge in [-0.2, -0.15) is 13.2 Å². The van der Waals surface area contributed by atoms with E-state index in [0.717, 1.165) is 40.1 Å². The van der Waals surface area contributed by atoms with Gasteiger partial charge in [-0.25, -0.2) is 9.78 Å². The Morgan fingerprint density at radius 2 is 1.46 bits per heavy atom. The van der Waals surface area contributed by atoms with Crippen molar-refractivity contribution in [2.24, 2.45) is 0 Å². The number of halogens is 3. The van der Waals surface area contributed by atoms with Crippen molar-refractivity contribution >= 4 is 17.0 Å². The van der Waals surface area contributed by atoms with Gasteiger partial charge in [0.1, 0.15) is 11.6 Å². The third kappa shape index (κ3) is 4.66. The summed E-state index contributed by atoms with van der Waals surface area (Å²) >= 11 is 0. The SMILES string of the molecule is O=C(Oc1ccc(-c2nc3ccccc3n2Cc2ccccc2)cc1)c1ccccc1C(F)(F)F. The van der Waals surface area contributed by atoms with E-state index in [1.807, 2.05) is 54.6 Å². The smallest absolute Gasteiger partial charge is 0.417 e. The predicted molar refractivity (Wildman–Crippen MR) is 127 cm³/mol. The van der Waals surface area contributed by atoms with Gasteiger partial charge in [-0.1, -0.05) is 54.6 Å². The maximum Gasteiger partial charge on any atom is 0.417 e. The molecule has 0 aliphatic heterocycles. The van der Waals surface area contributed by atoms with E-state index in [9.17, 15) is 18.0 Å². The van der Waals surface area contributed by atoms with E-state index in [0.29, 0.717) is 6.54 Å². The normalized spacial score (nSPS) is 11.5. The van der Waals surface area contributed by atoms with Gasteiger partial charge in [-0.3, -0.25) is 0 Å². The molecule has 0 fully saturated rings. The van der Waals surface area contributed by atoms with Crippen molar-refractivity contribution in [3.63, 3.8) is 0 Å². The zero-order valence-corrected chi connectivity index (χ0v) is 18.4. The van der Waals surface area contributed by atoms with Gasteiger partial charge in [-0.15, -0.1) is 0 Å². The average Bonchev–Trinajstić information content (AvgIpc) is 3.23. The Balaban J connectivity index is 1.44. The van der Waals surface area contributed by atoms with E-state index >= 15 is 0 Å². The summed E-state index contributed by atoms with van der Waals surface area (Å²) in [6.07, 6.45) is -4.66. The standard InChI is InChI=1S/C28H19F3N2O2/c29-28(30,31)23-11-5-4-10-22(23)27(34)35-21-16-14-20(15-17-21)26-32-24-12-6-7-13-25(24)33(26)18-19-8-2-1-3-9-19/h1-17H,18H2. The number of fused-ring (bicyclic) bond motifs is 1. The second-order valence-electron chi connectivity index (χ2n) is 7.95. The minimum Gasteiger partial charge on any atom is -0.423 e. The summed E-state index contributed by atoms with van der Waals surface area (Å²) in [5, 5.41) is 0. The van der Waals surface area contributed by atoms with Crippen LogP contribution < -0.4 is 4.74 Å². The average molecular weight is 472 g/mol. The molecule has 0 radical (unpaired) electrons. The van der Waals surface area contributed by atoms with E-state index in [1.54, 1.807) is 24.3 Å².